The topological polar surface area (TPSA) is 42.4 Å². The van der Waals surface area contributed by atoms with Gasteiger partial charge < -0.3 is 4.74 Å². The van der Waals surface area contributed by atoms with Crippen LogP contribution in [-0.2, 0) is 23.2 Å². The van der Waals surface area contributed by atoms with Crippen LogP contribution < -0.4 is 4.90 Å². The third-order valence-electron chi connectivity index (χ3n) is 5.25. The molecule has 4 nitrogen and oxygen atoms in total. The summed E-state index contributed by atoms with van der Waals surface area (Å²) in [6.45, 7) is 4.85. The minimum absolute atomic E-state index is 0.221. The second kappa shape index (κ2) is 8.19. The predicted octanol–water partition coefficient (Wildman–Crippen LogP) is 6.01. The zero-order valence-corrected chi connectivity index (χ0v) is 18.4. The summed E-state index contributed by atoms with van der Waals surface area (Å²) in [6.07, 6.45) is 0.191. The lowest BCUT2D eigenvalue weighted by Gasteiger charge is -2.19. The summed E-state index contributed by atoms with van der Waals surface area (Å²) in [5.41, 5.74) is 4.16. The highest BCUT2D eigenvalue weighted by Crippen LogP contribution is 2.41. The molecule has 0 atom stereocenters. The first-order valence-electron chi connectivity index (χ1n) is 9.76. The van der Waals surface area contributed by atoms with Crippen LogP contribution in [0.15, 0.2) is 65.3 Å². The van der Waals surface area contributed by atoms with E-state index in [9.17, 15) is 9.18 Å². The fraction of sp³-hybridized carbons (Fsp3) is 0.250. The van der Waals surface area contributed by atoms with Gasteiger partial charge in [0.05, 0.1) is 11.4 Å². The maximum Gasteiger partial charge on any atom is 0.414 e. The number of carbonyl (C=O) groups excluding carboxylic acids is 1. The standard InChI is InChI=1S/C24H22BrFN2O2/c1-24(2)15-28(23(29)30-14-17-6-4-3-5-7-17)20-13-18(22(25)27-21(20)24)12-16-8-10-19(26)11-9-16/h3-11,13H,12,14-15H2,1-2H3. The molecular formula is C24H22BrFN2O2. The summed E-state index contributed by atoms with van der Waals surface area (Å²) >= 11 is 3.57. The number of benzene rings is 2. The lowest BCUT2D eigenvalue weighted by Crippen LogP contribution is -2.34. The van der Waals surface area contributed by atoms with Crippen LogP contribution in [0.4, 0.5) is 14.9 Å². The molecule has 1 amide bonds. The van der Waals surface area contributed by atoms with E-state index in [1.165, 1.54) is 12.1 Å². The van der Waals surface area contributed by atoms with Crippen molar-refractivity contribution in [2.45, 2.75) is 32.3 Å². The van der Waals surface area contributed by atoms with E-state index in [-0.39, 0.29) is 23.9 Å². The summed E-state index contributed by atoms with van der Waals surface area (Å²) in [7, 11) is 0. The van der Waals surface area contributed by atoms with Gasteiger partial charge in [-0.15, -0.1) is 0 Å². The van der Waals surface area contributed by atoms with E-state index in [1.807, 2.05) is 36.4 Å². The number of rotatable bonds is 4. The Morgan fingerprint density at radius 1 is 1.13 bits per heavy atom. The highest BCUT2D eigenvalue weighted by atomic mass is 79.9. The third-order valence-corrected chi connectivity index (χ3v) is 5.93. The first-order valence-corrected chi connectivity index (χ1v) is 10.6. The minimum Gasteiger partial charge on any atom is -0.444 e. The molecule has 0 saturated heterocycles. The molecule has 1 aliphatic rings. The van der Waals surface area contributed by atoms with E-state index in [4.69, 9.17) is 9.72 Å². The Labute approximate surface area is 183 Å². The van der Waals surface area contributed by atoms with Crippen LogP contribution in [0.3, 0.4) is 0 Å². The van der Waals surface area contributed by atoms with Crippen LogP contribution in [0, 0.1) is 5.82 Å². The van der Waals surface area contributed by atoms with E-state index in [2.05, 4.69) is 29.8 Å². The summed E-state index contributed by atoms with van der Waals surface area (Å²) in [6, 6.07) is 18.0. The molecule has 4 rings (SSSR count). The number of fused-ring (bicyclic) bond motifs is 1. The first kappa shape index (κ1) is 20.5. The summed E-state index contributed by atoms with van der Waals surface area (Å²) in [5, 5.41) is 0. The maximum absolute atomic E-state index is 13.2. The Morgan fingerprint density at radius 3 is 2.53 bits per heavy atom. The van der Waals surface area contributed by atoms with Crippen molar-refractivity contribution < 1.29 is 13.9 Å². The smallest absolute Gasteiger partial charge is 0.414 e. The second-order valence-corrected chi connectivity index (χ2v) is 8.87. The summed E-state index contributed by atoms with van der Waals surface area (Å²) in [4.78, 5) is 19.3. The molecule has 0 unspecified atom stereocenters. The predicted molar refractivity (Wildman–Crippen MR) is 118 cm³/mol. The largest absolute Gasteiger partial charge is 0.444 e. The minimum atomic E-state index is -0.387. The van der Waals surface area contributed by atoms with Gasteiger partial charge in [-0.25, -0.2) is 14.2 Å². The molecule has 0 radical (unpaired) electrons. The van der Waals surface area contributed by atoms with Crippen molar-refractivity contribution in [2.75, 3.05) is 11.4 Å². The molecule has 0 spiro atoms. The van der Waals surface area contributed by atoms with Crippen molar-refractivity contribution in [2.24, 2.45) is 0 Å². The molecular weight excluding hydrogens is 447 g/mol. The highest BCUT2D eigenvalue weighted by molar-refractivity contribution is 9.10. The molecule has 3 aromatic rings. The van der Waals surface area contributed by atoms with Gasteiger partial charge in [0.1, 0.15) is 17.0 Å². The van der Waals surface area contributed by atoms with E-state index in [1.54, 1.807) is 17.0 Å². The summed E-state index contributed by atoms with van der Waals surface area (Å²) < 4.78 is 19.5. The lowest BCUT2D eigenvalue weighted by atomic mass is 9.91. The number of hydrogen-bond acceptors (Lipinski definition) is 3. The van der Waals surface area contributed by atoms with Gasteiger partial charge in [-0.3, -0.25) is 4.90 Å². The molecule has 1 aliphatic heterocycles. The van der Waals surface area contributed by atoms with Crippen molar-refractivity contribution in [3.05, 3.63) is 93.5 Å². The molecule has 2 aromatic carbocycles. The van der Waals surface area contributed by atoms with Crippen molar-refractivity contribution in [3.8, 4) is 0 Å². The normalized spacial score (nSPS) is 14.5. The quantitative estimate of drug-likeness (QED) is 0.440. The molecule has 0 aliphatic carbocycles. The zero-order chi connectivity index (χ0) is 21.3. The van der Waals surface area contributed by atoms with Gasteiger partial charge in [-0.05, 0) is 50.8 Å². The van der Waals surface area contributed by atoms with Crippen LogP contribution in [0.25, 0.3) is 0 Å². The van der Waals surface area contributed by atoms with Gasteiger partial charge in [-0.1, -0.05) is 56.3 Å². The van der Waals surface area contributed by atoms with E-state index >= 15 is 0 Å². The number of ether oxygens (including phenoxy) is 1. The van der Waals surface area contributed by atoms with Gasteiger partial charge in [0.25, 0.3) is 0 Å². The number of halogens is 2. The third kappa shape index (κ3) is 4.24. The number of hydrogen-bond donors (Lipinski definition) is 0. The van der Waals surface area contributed by atoms with Crippen LogP contribution in [0.5, 0.6) is 0 Å². The van der Waals surface area contributed by atoms with Crippen molar-refractivity contribution in [1.29, 1.82) is 0 Å². The van der Waals surface area contributed by atoms with Crippen LogP contribution >= 0.6 is 15.9 Å². The Balaban J connectivity index is 1.60. The maximum atomic E-state index is 13.2. The Morgan fingerprint density at radius 2 is 1.83 bits per heavy atom. The lowest BCUT2D eigenvalue weighted by molar-refractivity contribution is 0.147. The first-order chi connectivity index (χ1) is 14.3. The number of anilines is 1. The van der Waals surface area contributed by atoms with Gasteiger partial charge in [-0.2, -0.15) is 0 Å². The fourth-order valence-electron chi connectivity index (χ4n) is 3.69. The van der Waals surface area contributed by atoms with Crippen molar-refractivity contribution in [1.82, 2.24) is 4.98 Å². The average Bonchev–Trinajstić information content (AvgIpc) is 2.99. The fourth-order valence-corrected chi connectivity index (χ4v) is 4.12. The molecule has 1 aromatic heterocycles. The van der Waals surface area contributed by atoms with Crippen LogP contribution in [0.2, 0.25) is 0 Å². The molecule has 30 heavy (non-hydrogen) atoms. The summed E-state index contributed by atoms with van der Waals surface area (Å²) in [5.74, 6) is -0.265. The monoisotopic (exact) mass is 468 g/mol. The second-order valence-electron chi connectivity index (χ2n) is 8.12. The molecule has 0 N–H and O–H groups in total. The van der Waals surface area contributed by atoms with Crippen LogP contribution in [0.1, 0.15) is 36.2 Å². The number of aromatic nitrogens is 1. The number of pyridine rings is 1. The molecule has 2 heterocycles. The van der Waals surface area contributed by atoms with Crippen LogP contribution in [-0.4, -0.2) is 17.6 Å². The van der Waals surface area contributed by atoms with Gasteiger partial charge in [0, 0.05) is 18.4 Å². The van der Waals surface area contributed by atoms with E-state index < -0.39 is 0 Å². The van der Waals surface area contributed by atoms with Gasteiger partial charge in [0.15, 0.2) is 0 Å². The number of nitrogens with zero attached hydrogens (tertiary/aromatic N) is 2. The van der Waals surface area contributed by atoms with E-state index in [0.29, 0.717) is 13.0 Å². The number of carbonyl (C=O) groups is 1. The van der Waals surface area contributed by atoms with Gasteiger partial charge >= 0.3 is 6.09 Å². The molecule has 0 fully saturated rings. The Bertz CT molecular complexity index is 1070. The van der Waals surface area contributed by atoms with Crippen molar-refractivity contribution >= 4 is 27.7 Å². The molecule has 0 saturated carbocycles. The van der Waals surface area contributed by atoms with Gasteiger partial charge in [0.2, 0.25) is 0 Å². The zero-order valence-electron chi connectivity index (χ0n) is 16.9. The average molecular weight is 469 g/mol. The molecule has 6 heteroatoms. The Hall–Kier alpha value is -2.73. The van der Waals surface area contributed by atoms with E-state index in [0.717, 1.165) is 32.7 Å². The Kier molecular flexibility index (Phi) is 5.60. The number of amides is 1. The van der Waals surface area contributed by atoms with Crippen molar-refractivity contribution in [3.63, 3.8) is 0 Å². The molecule has 154 valence electrons. The highest BCUT2D eigenvalue weighted by Gasteiger charge is 2.41. The SMILES string of the molecule is CC1(C)CN(C(=O)OCc2ccccc2)c2cc(Cc3ccc(F)cc3)c(Br)nc21. The molecule has 0 bridgehead atoms.